The number of pyridine rings is 1. The van der Waals surface area contributed by atoms with Gasteiger partial charge in [0.25, 0.3) is 0 Å². The zero-order valence-electron chi connectivity index (χ0n) is 11.9. The second-order valence-corrected chi connectivity index (χ2v) is 5.77. The van der Waals surface area contributed by atoms with Crippen molar-refractivity contribution in [3.8, 4) is 6.07 Å². The normalized spacial score (nSPS) is 22.3. The third kappa shape index (κ3) is 2.43. The molecule has 2 aromatic rings. The van der Waals surface area contributed by atoms with E-state index in [2.05, 4.69) is 16.8 Å². The summed E-state index contributed by atoms with van der Waals surface area (Å²) in [4.78, 5) is 6.29. The molecule has 108 valence electrons. The van der Waals surface area contributed by atoms with E-state index in [1.54, 1.807) is 12.3 Å². The highest BCUT2D eigenvalue weighted by molar-refractivity contribution is 5.95. The van der Waals surface area contributed by atoms with E-state index in [0.29, 0.717) is 18.0 Å². The number of nitrogens with two attached hydrogens (primary N) is 1. The summed E-state index contributed by atoms with van der Waals surface area (Å²) in [5, 5.41) is 9.94. The second kappa shape index (κ2) is 5.30. The van der Waals surface area contributed by atoms with Gasteiger partial charge in [0.2, 0.25) is 0 Å². The van der Waals surface area contributed by atoms with Crippen LogP contribution in [0.15, 0.2) is 24.4 Å². The van der Waals surface area contributed by atoms with Crippen molar-refractivity contribution in [3.63, 3.8) is 0 Å². The van der Waals surface area contributed by atoms with E-state index in [9.17, 15) is 4.39 Å². The van der Waals surface area contributed by atoms with Gasteiger partial charge in [0.15, 0.2) is 0 Å². The number of benzene rings is 1. The molecule has 0 radical (unpaired) electrons. The maximum absolute atomic E-state index is 14.2. The largest absolute Gasteiger partial charge is 0.369 e. The standard InChI is InChI=1S/C16H17FN4/c1-10-5-11(19)9-21(8-10)15-6-14(17)13(7-18)16-12(15)3-2-4-20-16/h2-4,6,10-11H,5,8-9,19H2,1H3/t10-,11+/m0/s1. The smallest absolute Gasteiger partial charge is 0.145 e. The molecule has 21 heavy (non-hydrogen) atoms. The first-order chi connectivity index (χ1) is 10.1. The molecular formula is C16H17FN4. The van der Waals surface area contributed by atoms with Crippen LogP contribution in [-0.4, -0.2) is 24.1 Å². The minimum atomic E-state index is -0.523. The molecule has 1 aliphatic heterocycles. The van der Waals surface area contributed by atoms with Gasteiger partial charge in [-0.25, -0.2) is 4.39 Å². The fourth-order valence-corrected chi connectivity index (χ4v) is 3.16. The minimum absolute atomic E-state index is 0.00343. The molecule has 1 aromatic heterocycles. The molecule has 5 heteroatoms. The van der Waals surface area contributed by atoms with Crippen LogP contribution < -0.4 is 10.6 Å². The van der Waals surface area contributed by atoms with Crippen molar-refractivity contribution in [1.82, 2.24) is 4.98 Å². The molecule has 0 amide bonds. The number of anilines is 1. The van der Waals surface area contributed by atoms with Gasteiger partial charge >= 0.3 is 0 Å². The van der Waals surface area contributed by atoms with Crippen LogP contribution in [0.5, 0.6) is 0 Å². The zero-order chi connectivity index (χ0) is 15.0. The fraction of sp³-hybridized carbons (Fsp3) is 0.375. The van der Waals surface area contributed by atoms with E-state index in [1.807, 2.05) is 12.1 Å². The number of fused-ring (bicyclic) bond motifs is 1. The van der Waals surface area contributed by atoms with Gasteiger partial charge in [-0.15, -0.1) is 0 Å². The Labute approximate surface area is 123 Å². The molecule has 0 unspecified atom stereocenters. The van der Waals surface area contributed by atoms with Gasteiger partial charge in [-0.1, -0.05) is 6.92 Å². The maximum atomic E-state index is 14.2. The van der Waals surface area contributed by atoms with Crippen LogP contribution in [0.2, 0.25) is 0 Å². The van der Waals surface area contributed by atoms with Gasteiger partial charge in [-0.2, -0.15) is 5.26 Å². The summed E-state index contributed by atoms with van der Waals surface area (Å²) in [6.07, 6.45) is 2.56. The molecule has 2 atom stereocenters. The van der Waals surface area contributed by atoms with Crippen molar-refractivity contribution < 1.29 is 4.39 Å². The van der Waals surface area contributed by atoms with Gasteiger partial charge in [-0.3, -0.25) is 4.98 Å². The van der Waals surface area contributed by atoms with E-state index in [0.717, 1.165) is 24.0 Å². The number of nitriles is 1. The maximum Gasteiger partial charge on any atom is 0.145 e. The predicted octanol–water partition coefficient (Wildman–Crippen LogP) is 2.42. The molecule has 1 aliphatic rings. The summed E-state index contributed by atoms with van der Waals surface area (Å²) < 4.78 is 14.2. The Morgan fingerprint density at radius 2 is 2.29 bits per heavy atom. The Morgan fingerprint density at radius 3 is 3.00 bits per heavy atom. The summed E-state index contributed by atoms with van der Waals surface area (Å²) in [7, 11) is 0. The third-order valence-electron chi connectivity index (χ3n) is 3.97. The summed E-state index contributed by atoms with van der Waals surface area (Å²) in [5.74, 6) is -0.0651. The molecule has 2 N–H and O–H groups in total. The lowest BCUT2D eigenvalue weighted by molar-refractivity contribution is 0.402. The average Bonchev–Trinajstić information content (AvgIpc) is 2.45. The van der Waals surface area contributed by atoms with Crippen molar-refractivity contribution in [2.45, 2.75) is 19.4 Å². The summed E-state index contributed by atoms with van der Waals surface area (Å²) in [6.45, 7) is 3.68. The molecular weight excluding hydrogens is 267 g/mol. The number of halogens is 1. The molecule has 2 heterocycles. The van der Waals surface area contributed by atoms with Crippen LogP contribution in [0.4, 0.5) is 10.1 Å². The molecule has 0 aliphatic carbocycles. The van der Waals surface area contributed by atoms with Gasteiger partial charge < -0.3 is 10.6 Å². The van der Waals surface area contributed by atoms with Crippen molar-refractivity contribution in [1.29, 1.82) is 5.26 Å². The fourth-order valence-electron chi connectivity index (χ4n) is 3.16. The highest BCUT2D eigenvalue weighted by atomic mass is 19.1. The van der Waals surface area contributed by atoms with Crippen LogP contribution in [0, 0.1) is 23.1 Å². The Kier molecular flexibility index (Phi) is 3.48. The molecule has 1 fully saturated rings. The van der Waals surface area contributed by atoms with E-state index in [4.69, 9.17) is 11.0 Å². The van der Waals surface area contributed by atoms with Crippen LogP contribution in [0.3, 0.4) is 0 Å². The lowest BCUT2D eigenvalue weighted by atomic mass is 9.95. The summed E-state index contributed by atoms with van der Waals surface area (Å²) >= 11 is 0. The first kappa shape index (κ1) is 13.8. The van der Waals surface area contributed by atoms with Crippen LogP contribution in [-0.2, 0) is 0 Å². The first-order valence-electron chi connectivity index (χ1n) is 7.08. The summed E-state index contributed by atoms with van der Waals surface area (Å²) in [6, 6.07) is 7.11. The molecule has 1 aromatic carbocycles. The number of hydrogen-bond acceptors (Lipinski definition) is 4. The van der Waals surface area contributed by atoms with Crippen LogP contribution in [0.25, 0.3) is 10.9 Å². The van der Waals surface area contributed by atoms with Gasteiger partial charge in [0.1, 0.15) is 17.4 Å². The Hall–Kier alpha value is -2.19. The lowest BCUT2D eigenvalue weighted by Gasteiger charge is -2.37. The monoisotopic (exact) mass is 284 g/mol. The summed E-state index contributed by atoms with van der Waals surface area (Å²) in [5.41, 5.74) is 7.28. The minimum Gasteiger partial charge on any atom is -0.369 e. The number of rotatable bonds is 1. The second-order valence-electron chi connectivity index (χ2n) is 5.77. The van der Waals surface area contributed by atoms with Crippen molar-refractivity contribution >= 4 is 16.6 Å². The van der Waals surface area contributed by atoms with E-state index in [1.165, 1.54) is 6.07 Å². The molecule has 4 nitrogen and oxygen atoms in total. The topological polar surface area (TPSA) is 65.9 Å². The number of aromatic nitrogens is 1. The van der Waals surface area contributed by atoms with Crippen LogP contribution in [0.1, 0.15) is 18.9 Å². The third-order valence-corrected chi connectivity index (χ3v) is 3.97. The Balaban J connectivity index is 2.17. The Bertz CT molecular complexity index is 712. The molecule has 3 rings (SSSR count). The molecule has 0 bridgehead atoms. The van der Waals surface area contributed by atoms with Crippen molar-refractivity contribution in [2.24, 2.45) is 11.7 Å². The highest BCUT2D eigenvalue weighted by Crippen LogP contribution is 2.32. The number of hydrogen-bond donors (Lipinski definition) is 1. The lowest BCUT2D eigenvalue weighted by Crippen LogP contribution is -2.46. The van der Waals surface area contributed by atoms with Gasteiger partial charge in [-0.05, 0) is 30.5 Å². The van der Waals surface area contributed by atoms with E-state index >= 15 is 0 Å². The number of nitrogens with zero attached hydrogens (tertiary/aromatic N) is 3. The van der Waals surface area contributed by atoms with E-state index in [-0.39, 0.29) is 11.6 Å². The van der Waals surface area contributed by atoms with Crippen molar-refractivity contribution in [2.75, 3.05) is 18.0 Å². The predicted molar refractivity (Wildman–Crippen MR) is 80.4 cm³/mol. The first-order valence-corrected chi connectivity index (χ1v) is 7.08. The molecule has 0 spiro atoms. The SMILES string of the molecule is C[C@H]1C[C@@H](N)CN(c2cc(F)c(C#N)c3ncccc23)C1. The zero-order valence-corrected chi connectivity index (χ0v) is 11.9. The average molecular weight is 284 g/mol. The Morgan fingerprint density at radius 1 is 1.48 bits per heavy atom. The van der Waals surface area contributed by atoms with Gasteiger partial charge in [0.05, 0.1) is 5.52 Å². The quantitative estimate of drug-likeness (QED) is 0.873. The van der Waals surface area contributed by atoms with Crippen LogP contribution >= 0.6 is 0 Å². The van der Waals surface area contributed by atoms with Gasteiger partial charge in [0, 0.05) is 36.4 Å². The highest BCUT2D eigenvalue weighted by Gasteiger charge is 2.25. The molecule has 0 saturated carbocycles. The van der Waals surface area contributed by atoms with Crippen molar-refractivity contribution in [3.05, 3.63) is 35.8 Å². The molecule has 1 saturated heterocycles. The number of piperidine rings is 1. The van der Waals surface area contributed by atoms with E-state index < -0.39 is 5.82 Å².